The van der Waals surface area contributed by atoms with E-state index in [1.54, 1.807) is 12.1 Å². The number of phenols is 1. The first-order chi connectivity index (χ1) is 12.1. The van der Waals surface area contributed by atoms with Gasteiger partial charge in [0.2, 0.25) is 0 Å². The minimum absolute atomic E-state index is 0.287. The largest absolute Gasteiger partial charge is 0.508 e. The van der Waals surface area contributed by atoms with Crippen LogP contribution in [0.5, 0.6) is 5.75 Å². The first-order valence-corrected chi connectivity index (χ1v) is 8.43. The second-order valence-corrected chi connectivity index (χ2v) is 6.37. The van der Waals surface area contributed by atoms with Crippen molar-refractivity contribution in [2.75, 3.05) is 20.6 Å². The fraction of sp³-hybridized carbons (Fsp3) is 0.130. The SMILES string of the molecule is CN(C)C/C=C(\c1ccc(O)cc1)c1ccc(-c2ccccc2)cc1. The molecule has 3 aromatic carbocycles. The number of phenolic OH excluding ortho intramolecular Hbond substituents is 1. The fourth-order valence-electron chi connectivity index (χ4n) is 2.79. The molecule has 1 N–H and O–H groups in total. The molecule has 0 unspecified atom stereocenters. The van der Waals surface area contributed by atoms with E-state index in [0.29, 0.717) is 0 Å². The fourth-order valence-corrected chi connectivity index (χ4v) is 2.79. The number of aromatic hydroxyl groups is 1. The average Bonchev–Trinajstić information content (AvgIpc) is 2.64. The molecule has 0 saturated carbocycles. The Balaban J connectivity index is 1.96. The molecule has 2 nitrogen and oxygen atoms in total. The summed E-state index contributed by atoms with van der Waals surface area (Å²) < 4.78 is 0. The van der Waals surface area contributed by atoms with Crippen LogP contribution in [0, 0.1) is 0 Å². The zero-order valence-electron chi connectivity index (χ0n) is 14.7. The average molecular weight is 329 g/mol. The van der Waals surface area contributed by atoms with Crippen molar-refractivity contribution in [1.82, 2.24) is 4.90 Å². The Kier molecular flexibility index (Phi) is 5.32. The van der Waals surface area contributed by atoms with Crippen molar-refractivity contribution < 1.29 is 5.11 Å². The third kappa shape index (κ3) is 4.37. The van der Waals surface area contributed by atoms with Gasteiger partial charge in [-0.2, -0.15) is 0 Å². The molecule has 0 saturated heterocycles. The number of rotatable bonds is 5. The lowest BCUT2D eigenvalue weighted by Crippen LogP contribution is -2.11. The molecule has 0 aromatic heterocycles. The number of hydrogen-bond donors (Lipinski definition) is 1. The molecule has 0 fully saturated rings. The van der Waals surface area contributed by atoms with Gasteiger partial charge in [-0.15, -0.1) is 0 Å². The monoisotopic (exact) mass is 329 g/mol. The molecule has 25 heavy (non-hydrogen) atoms. The number of likely N-dealkylation sites (N-methyl/N-ethyl adjacent to an activating group) is 1. The summed E-state index contributed by atoms with van der Waals surface area (Å²) in [5, 5.41) is 9.56. The molecular formula is C23H23NO. The van der Waals surface area contributed by atoms with Gasteiger partial charge in [0.1, 0.15) is 5.75 Å². The van der Waals surface area contributed by atoms with Crippen molar-refractivity contribution in [3.05, 3.63) is 96.1 Å². The van der Waals surface area contributed by atoms with Gasteiger partial charge in [0, 0.05) is 6.54 Å². The van der Waals surface area contributed by atoms with Crippen LogP contribution >= 0.6 is 0 Å². The van der Waals surface area contributed by atoms with E-state index in [4.69, 9.17) is 0 Å². The van der Waals surface area contributed by atoms with E-state index in [9.17, 15) is 5.11 Å². The van der Waals surface area contributed by atoms with Gasteiger partial charge in [-0.05, 0) is 54.1 Å². The predicted octanol–water partition coefficient (Wildman–Crippen LogP) is 5.05. The maximum Gasteiger partial charge on any atom is 0.115 e. The first kappa shape index (κ1) is 17.0. The van der Waals surface area contributed by atoms with Gasteiger partial charge in [0.05, 0.1) is 0 Å². The van der Waals surface area contributed by atoms with Crippen LogP contribution in [0.25, 0.3) is 16.7 Å². The van der Waals surface area contributed by atoms with Crippen molar-refractivity contribution in [2.45, 2.75) is 0 Å². The zero-order chi connectivity index (χ0) is 17.6. The highest BCUT2D eigenvalue weighted by molar-refractivity contribution is 5.81. The Morgan fingerprint density at radius 3 is 1.84 bits per heavy atom. The smallest absolute Gasteiger partial charge is 0.115 e. The minimum atomic E-state index is 0.287. The van der Waals surface area contributed by atoms with Crippen LogP contribution in [0.2, 0.25) is 0 Å². The van der Waals surface area contributed by atoms with Gasteiger partial charge in [-0.3, -0.25) is 0 Å². The molecule has 126 valence electrons. The van der Waals surface area contributed by atoms with Gasteiger partial charge in [-0.25, -0.2) is 0 Å². The number of nitrogens with zero attached hydrogens (tertiary/aromatic N) is 1. The molecule has 0 spiro atoms. The molecule has 3 rings (SSSR count). The maximum absolute atomic E-state index is 9.56. The van der Waals surface area contributed by atoms with Crippen molar-refractivity contribution in [1.29, 1.82) is 0 Å². The summed E-state index contributed by atoms with van der Waals surface area (Å²) in [5.74, 6) is 0.287. The predicted molar refractivity (Wildman–Crippen MR) is 106 cm³/mol. The molecule has 0 atom stereocenters. The highest BCUT2D eigenvalue weighted by atomic mass is 16.3. The standard InChI is InChI=1S/C23H23NO/c1-24(2)17-16-23(21-12-14-22(25)15-13-21)20-10-8-19(9-11-20)18-6-4-3-5-7-18/h3-16,25H,17H2,1-2H3/b23-16-. The van der Waals surface area contributed by atoms with Crippen molar-refractivity contribution in [3.8, 4) is 16.9 Å². The summed E-state index contributed by atoms with van der Waals surface area (Å²) in [7, 11) is 4.12. The first-order valence-electron chi connectivity index (χ1n) is 8.43. The Hall–Kier alpha value is -2.84. The molecule has 0 aliphatic rings. The molecule has 0 amide bonds. The molecule has 0 aliphatic heterocycles. The van der Waals surface area contributed by atoms with Crippen LogP contribution in [-0.4, -0.2) is 30.6 Å². The van der Waals surface area contributed by atoms with Crippen LogP contribution in [0.1, 0.15) is 11.1 Å². The summed E-state index contributed by atoms with van der Waals surface area (Å²) in [4.78, 5) is 2.14. The van der Waals surface area contributed by atoms with E-state index < -0.39 is 0 Å². The van der Waals surface area contributed by atoms with Gasteiger partial charge in [0.25, 0.3) is 0 Å². The van der Waals surface area contributed by atoms with Gasteiger partial charge in [-0.1, -0.05) is 72.8 Å². The summed E-state index contributed by atoms with van der Waals surface area (Å²) in [5.41, 5.74) is 5.88. The third-order valence-corrected chi connectivity index (χ3v) is 4.14. The lowest BCUT2D eigenvalue weighted by molar-refractivity contribution is 0.457. The van der Waals surface area contributed by atoms with E-state index >= 15 is 0 Å². The van der Waals surface area contributed by atoms with Crippen LogP contribution in [0.15, 0.2) is 84.9 Å². The van der Waals surface area contributed by atoms with E-state index in [-0.39, 0.29) is 5.75 Å². The van der Waals surface area contributed by atoms with Crippen LogP contribution in [-0.2, 0) is 0 Å². The van der Waals surface area contributed by atoms with Crippen LogP contribution < -0.4 is 0 Å². The number of benzene rings is 3. The summed E-state index contributed by atoms with van der Waals surface area (Å²) in [6.07, 6.45) is 2.23. The molecule has 0 heterocycles. The summed E-state index contributed by atoms with van der Waals surface area (Å²) in [6, 6.07) is 26.4. The van der Waals surface area contributed by atoms with Gasteiger partial charge >= 0.3 is 0 Å². The van der Waals surface area contributed by atoms with Crippen LogP contribution in [0.4, 0.5) is 0 Å². The van der Waals surface area contributed by atoms with E-state index in [1.807, 2.05) is 18.2 Å². The van der Waals surface area contributed by atoms with Gasteiger partial charge in [0.15, 0.2) is 0 Å². The molecule has 0 radical (unpaired) electrons. The molecule has 0 bridgehead atoms. The number of hydrogen-bond acceptors (Lipinski definition) is 2. The second-order valence-electron chi connectivity index (χ2n) is 6.37. The molecule has 0 aliphatic carbocycles. The lowest BCUT2D eigenvalue weighted by atomic mass is 9.95. The van der Waals surface area contributed by atoms with E-state index in [2.05, 4.69) is 73.6 Å². The Labute approximate surface area is 149 Å². The van der Waals surface area contributed by atoms with Crippen molar-refractivity contribution >= 4 is 5.57 Å². The van der Waals surface area contributed by atoms with Crippen LogP contribution in [0.3, 0.4) is 0 Å². The molecule has 3 aromatic rings. The Morgan fingerprint density at radius 1 is 0.760 bits per heavy atom. The Bertz CT molecular complexity index is 832. The second kappa shape index (κ2) is 7.82. The topological polar surface area (TPSA) is 23.5 Å². The molecule has 2 heteroatoms. The highest BCUT2D eigenvalue weighted by Gasteiger charge is 2.06. The van der Waals surface area contributed by atoms with E-state index in [1.165, 1.54) is 22.3 Å². The maximum atomic E-state index is 9.56. The lowest BCUT2D eigenvalue weighted by Gasteiger charge is -2.12. The normalized spacial score (nSPS) is 11.7. The minimum Gasteiger partial charge on any atom is -0.508 e. The highest BCUT2D eigenvalue weighted by Crippen LogP contribution is 2.27. The zero-order valence-corrected chi connectivity index (χ0v) is 14.7. The van der Waals surface area contributed by atoms with Gasteiger partial charge < -0.3 is 10.0 Å². The van der Waals surface area contributed by atoms with Crippen molar-refractivity contribution in [2.24, 2.45) is 0 Å². The Morgan fingerprint density at radius 2 is 1.28 bits per heavy atom. The third-order valence-electron chi connectivity index (χ3n) is 4.14. The van der Waals surface area contributed by atoms with Crippen molar-refractivity contribution in [3.63, 3.8) is 0 Å². The molecular weight excluding hydrogens is 306 g/mol. The summed E-state index contributed by atoms with van der Waals surface area (Å²) in [6.45, 7) is 0.858. The van der Waals surface area contributed by atoms with E-state index in [0.717, 1.165) is 12.1 Å². The quantitative estimate of drug-likeness (QED) is 0.708. The summed E-state index contributed by atoms with van der Waals surface area (Å²) >= 11 is 0.